The molecule has 45 heavy (non-hydrogen) atoms. The highest BCUT2D eigenvalue weighted by Gasteiger charge is 2.64. The number of aliphatic hydroxyl groups is 1. The van der Waals surface area contributed by atoms with Gasteiger partial charge in [-0.15, -0.1) is 0 Å². The van der Waals surface area contributed by atoms with Crippen molar-refractivity contribution in [3.8, 4) is 0 Å². The first kappa shape index (κ1) is 35.6. The average molecular weight is 628 g/mol. The van der Waals surface area contributed by atoms with Gasteiger partial charge in [-0.25, -0.2) is 4.79 Å². The Kier molecular flexibility index (Phi) is 11.1. The molecule has 11 heteroatoms. The Balaban J connectivity index is 2.21. The fraction of sp³-hybridized carbons (Fsp3) is 0.588. The number of aromatic nitrogens is 1. The second kappa shape index (κ2) is 14.1. The zero-order valence-corrected chi connectivity index (χ0v) is 27.3. The summed E-state index contributed by atoms with van der Waals surface area (Å²) in [4.78, 5) is 69.3. The molecule has 0 amide bonds. The predicted molar refractivity (Wildman–Crippen MR) is 162 cm³/mol. The van der Waals surface area contributed by atoms with E-state index in [1.807, 2.05) is 0 Å². The number of carbonyl (C=O) groups excluding carboxylic acids is 5. The third kappa shape index (κ3) is 7.87. The normalized spacial score (nSPS) is 31.6. The van der Waals surface area contributed by atoms with Crippen LogP contribution in [-0.2, 0) is 38.1 Å². The molecule has 246 valence electrons. The molecule has 8 unspecified atom stereocenters. The Morgan fingerprint density at radius 1 is 1.07 bits per heavy atom. The van der Waals surface area contributed by atoms with Gasteiger partial charge in [-0.1, -0.05) is 60.3 Å². The van der Waals surface area contributed by atoms with Gasteiger partial charge in [-0.2, -0.15) is 0 Å². The minimum absolute atomic E-state index is 0.00322. The summed E-state index contributed by atoms with van der Waals surface area (Å²) in [6.07, 6.45) is 1.15. The van der Waals surface area contributed by atoms with Gasteiger partial charge in [0.25, 0.3) is 0 Å². The van der Waals surface area contributed by atoms with Crippen LogP contribution in [-0.4, -0.2) is 69.8 Å². The fourth-order valence-corrected chi connectivity index (χ4v) is 6.32. The van der Waals surface area contributed by atoms with Crippen LogP contribution in [0.15, 0.2) is 48.8 Å². The molecule has 11 nitrogen and oxygen atoms in total. The molecule has 1 heterocycles. The number of pyridine rings is 1. The zero-order chi connectivity index (χ0) is 33.9. The van der Waals surface area contributed by atoms with Crippen molar-refractivity contribution in [2.45, 2.75) is 98.2 Å². The lowest BCUT2D eigenvalue weighted by atomic mass is 9.73. The highest BCUT2D eigenvalue weighted by atomic mass is 16.6. The number of esters is 4. The van der Waals surface area contributed by atoms with E-state index in [4.69, 9.17) is 18.9 Å². The van der Waals surface area contributed by atoms with E-state index >= 15 is 0 Å². The molecule has 1 fully saturated rings. The molecule has 0 spiro atoms. The van der Waals surface area contributed by atoms with Crippen molar-refractivity contribution in [2.24, 2.45) is 29.1 Å². The van der Waals surface area contributed by atoms with Gasteiger partial charge in [0, 0.05) is 50.4 Å². The summed E-state index contributed by atoms with van der Waals surface area (Å²) < 4.78 is 23.4. The first-order valence-electron chi connectivity index (χ1n) is 15.2. The van der Waals surface area contributed by atoms with Crippen molar-refractivity contribution in [1.29, 1.82) is 0 Å². The van der Waals surface area contributed by atoms with Gasteiger partial charge in [-0.05, 0) is 23.6 Å². The first-order chi connectivity index (χ1) is 20.9. The van der Waals surface area contributed by atoms with E-state index in [-0.39, 0.29) is 24.0 Å². The molecule has 0 aliphatic heterocycles. The molecule has 2 aliphatic rings. The summed E-state index contributed by atoms with van der Waals surface area (Å²) in [7, 11) is 0. The van der Waals surface area contributed by atoms with Crippen molar-refractivity contribution in [3.63, 3.8) is 0 Å². The largest absolute Gasteiger partial charge is 0.461 e. The van der Waals surface area contributed by atoms with Crippen LogP contribution >= 0.6 is 0 Å². The summed E-state index contributed by atoms with van der Waals surface area (Å²) in [5.74, 6) is -6.22. The third-order valence-corrected chi connectivity index (χ3v) is 8.51. The van der Waals surface area contributed by atoms with Crippen molar-refractivity contribution in [1.82, 2.24) is 4.98 Å². The van der Waals surface area contributed by atoms with E-state index in [0.29, 0.717) is 0 Å². The molecular formula is C34H45NO10. The van der Waals surface area contributed by atoms with E-state index in [1.54, 1.807) is 59.8 Å². The third-order valence-electron chi connectivity index (χ3n) is 8.51. The molecule has 0 radical (unpaired) electrons. The molecule has 0 bridgehead atoms. The Hall–Kier alpha value is -3.86. The molecule has 1 aromatic heterocycles. The van der Waals surface area contributed by atoms with Crippen LogP contribution in [0.5, 0.6) is 0 Å². The van der Waals surface area contributed by atoms with Crippen LogP contribution in [0.2, 0.25) is 0 Å². The van der Waals surface area contributed by atoms with Crippen molar-refractivity contribution in [2.75, 3.05) is 0 Å². The SMILES string of the molecule is C=C1CC(OC(C)=O)C(OC(=O)c2cccnc2)C(C)(C)C=CC(C)C(=O)C2(OC(C)=O)CC(C)C(OC(=O)C(C)C)C2C1O. The van der Waals surface area contributed by atoms with Crippen LogP contribution in [0.25, 0.3) is 0 Å². The number of hydrogen-bond acceptors (Lipinski definition) is 11. The lowest BCUT2D eigenvalue weighted by molar-refractivity contribution is -0.182. The molecule has 1 saturated carbocycles. The minimum Gasteiger partial charge on any atom is -0.461 e. The van der Waals surface area contributed by atoms with Crippen molar-refractivity contribution in [3.05, 3.63) is 54.4 Å². The predicted octanol–water partition coefficient (Wildman–Crippen LogP) is 4.17. The standard InChI is InChI=1S/C34H45NO10/c1-18(2)31(40)43-28-21(5)16-34(45-23(7)37)26(28)27(38)20(4)15-25(42-22(6)36)30(33(8,9)13-12-19(3)29(34)39)44-32(41)24-11-10-14-35-17-24/h10-14,17-19,21,25-28,30,38H,4,15-16H2,1-3,5-9H3. The molecule has 1 N–H and O–H groups in total. The van der Waals surface area contributed by atoms with Gasteiger partial charge in [0.15, 0.2) is 11.4 Å². The Bertz CT molecular complexity index is 1340. The van der Waals surface area contributed by atoms with Crippen LogP contribution in [0, 0.1) is 29.1 Å². The summed E-state index contributed by atoms with van der Waals surface area (Å²) in [5, 5.41) is 12.0. The number of aliphatic hydroxyl groups excluding tert-OH is 1. The van der Waals surface area contributed by atoms with Crippen molar-refractivity contribution < 1.29 is 48.0 Å². The van der Waals surface area contributed by atoms with E-state index in [2.05, 4.69) is 11.6 Å². The summed E-state index contributed by atoms with van der Waals surface area (Å²) in [5.41, 5.74) is -2.60. The van der Waals surface area contributed by atoms with E-state index in [9.17, 15) is 29.1 Å². The molecule has 3 rings (SSSR count). The lowest BCUT2D eigenvalue weighted by Crippen LogP contribution is -2.56. The van der Waals surface area contributed by atoms with E-state index in [1.165, 1.54) is 32.3 Å². The number of ether oxygens (including phenoxy) is 4. The minimum atomic E-state index is -1.86. The van der Waals surface area contributed by atoms with E-state index in [0.717, 1.165) is 0 Å². The number of fused-ring (bicyclic) bond motifs is 1. The molecule has 8 atom stereocenters. The first-order valence-corrected chi connectivity index (χ1v) is 15.2. The maximum absolute atomic E-state index is 14.4. The summed E-state index contributed by atoms with van der Waals surface area (Å²) >= 11 is 0. The van der Waals surface area contributed by atoms with Gasteiger partial charge in [0.2, 0.25) is 0 Å². The summed E-state index contributed by atoms with van der Waals surface area (Å²) in [6, 6.07) is 3.12. The van der Waals surface area contributed by atoms with Crippen molar-refractivity contribution >= 4 is 29.7 Å². The molecule has 0 aromatic carbocycles. The Morgan fingerprint density at radius 2 is 1.73 bits per heavy atom. The van der Waals surface area contributed by atoms with Crippen LogP contribution in [0.1, 0.15) is 78.6 Å². The van der Waals surface area contributed by atoms with Gasteiger partial charge in [0.1, 0.15) is 18.3 Å². The van der Waals surface area contributed by atoms with Crippen LogP contribution in [0.3, 0.4) is 0 Å². The lowest BCUT2D eigenvalue weighted by Gasteiger charge is -2.41. The van der Waals surface area contributed by atoms with Gasteiger partial charge in [-0.3, -0.25) is 24.2 Å². The number of Topliss-reactive ketones (excluding diaryl/α,β-unsaturated/α-hetero) is 1. The second-order valence-corrected chi connectivity index (χ2v) is 13.1. The summed E-state index contributed by atoms with van der Waals surface area (Å²) in [6.45, 7) is 16.7. The van der Waals surface area contributed by atoms with Gasteiger partial charge in [0.05, 0.1) is 23.5 Å². The second-order valence-electron chi connectivity index (χ2n) is 13.1. The Labute approximate surface area is 264 Å². The number of hydrogen-bond donors (Lipinski definition) is 1. The highest BCUT2D eigenvalue weighted by molar-refractivity contribution is 5.93. The molecular weight excluding hydrogens is 582 g/mol. The smallest absolute Gasteiger partial charge is 0.340 e. The van der Waals surface area contributed by atoms with Gasteiger partial charge < -0.3 is 24.1 Å². The molecule has 1 aromatic rings. The number of ketones is 1. The number of allylic oxidation sites excluding steroid dienone is 1. The molecule has 0 saturated heterocycles. The topological polar surface area (TPSA) is 155 Å². The van der Waals surface area contributed by atoms with Crippen LogP contribution in [0.4, 0.5) is 0 Å². The molecule has 2 aliphatic carbocycles. The Morgan fingerprint density at radius 3 is 2.29 bits per heavy atom. The zero-order valence-electron chi connectivity index (χ0n) is 27.3. The van der Waals surface area contributed by atoms with E-state index < -0.39 is 88.8 Å². The van der Waals surface area contributed by atoms with Gasteiger partial charge >= 0.3 is 23.9 Å². The highest BCUT2D eigenvalue weighted by Crippen LogP contribution is 2.50. The quantitative estimate of drug-likeness (QED) is 0.274. The number of rotatable bonds is 6. The maximum Gasteiger partial charge on any atom is 0.340 e. The number of carbonyl (C=O) groups is 5. The maximum atomic E-state index is 14.4. The number of nitrogens with zero attached hydrogens (tertiary/aromatic N) is 1. The monoisotopic (exact) mass is 627 g/mol. The fourth-order valence-electron chi connectivity index (χ4n) is 6.32. The average Bonchev–Trinajstić information content (AvgIpc) is 3.23. The van der Waals surface area contributed by atoms with Crippen LogP contribution < -0.4 is 0 Å².